The Morgan fingerprint density at radius 2 is 1.95 bits per heavy atom. The average molecular weight is 315 g/mol. The van der Waals surface area contributed by atoms with Gasteiger partial charge in [0.1, 0.15) is 35.7 Å². The van der Waals surface area contributed by atoms with Crippen molar-refractivity contribution >= 4 is 6.09 Å². The quantitative estimate of drug-likeness (QED) is 0.849. The summed E-state index contributed by atoms with van der Waals surface area (Å²) in [6.45, 7) is 5.76. The van der Waals surface area contributed by atoms with Gasteiger partial charge in [-0.1, -0.05) is 0 Å². The molecule has 0 radical (unpaired) electrons. The highest BCUT2D eigenvalue weighted by Gasteiger charge is 2.35. The van der Waals surface area contributed by atoms with Crippen molar-refractivity contribution in [3.05, 3.63) is 29.8 Å². The van der Waals surface area contributed by atoms with Crippen LogP contribution in [0.25, 0.3) is 0 Å². The predicted molar refractivity (Wildman–Crippen MR) is 74.8 cm³/mol. The van der Waals surface area contributed by atoms with Crippen molar-refractivity contribution in [2.24, 2.45) is 0 Å². The zero-order chi connectivity index (χ0) is 16.3. The van der Waals surface area contributed by atoms with Crippen LogP contribution in [-0.2, 0) is 9.47 Å². The number of epoxide rings is 1. The van der Waals surface area contributed by atoms with E-state index in [0.29, 0.717) is 6.61 Å². The predicted octanol–water partition coefficient (Wildman–Crippen LogP) is 2.64. The van der Waals surface area contributed by atoms with Crippen LogP contribution in [-0.4, -0.2) is 37.1 Å². The van der Waals surface area contributed by atoms with E-state index in [1.807, 2.05) is 0 Å². The maximum atomic E-state index is 13.1. The number of carbonyl (C=O) groups is 1. The Kier molecular flexibility index (Phi) is 4.85. The molecule has 122 valence electrons. The first kappa shape index (κ1) is 16.5. The Hall–Kier alpha value is -1.89. The highest BCUT2D eigenvalue weighted by atomic mass is 19.1. The fraction of sp³-hybridized carbons (Fsp3) is 0.533. The summed E-state index contributed by atoms with van der Waals surface area (Å²) >= 11 is 0. The first-order valence-electron chi connectivity index (χ1n) is 6.93. The van der Waals surface area contributed by atoms with Crippen LogP contribution in [0.2, 0.25) is 0 Å². The van der Waals surface area contributed by atoms with Crippen LogP contribution in [0.5, 0.6) is 5.75 Å². The summed E-state index contributed by atoms with van der Waals surface area (Å²) in [7, 11) is 0. The molecule has 1 amide bonds. The maximum absolute atomic E-state index is 13.1. The van der Waals surface area contributed by atoms with Gasteiger partial charge in [-0.15, -0.1) is 0 Å². The van der Waals surface area contributed by atoms with Crippen LogP contribution < -0.4 is 10.1 Å². The van der Waals surface area contributed by atoms with Crippen molar-refractivity contribution in [1.29, 1.82) is 0 Å². The highest BCUT2D eigenvalue weighted by molar-refractivity contribution is 5.68. The van der Waals surface area contributed by atoms with Crippen molar-refractivity contribution in [3.8, 4) is 5.75 Å². The number of alkyl carbamates (subject to hydrolysis) is 1. The number of hydrogen-bond acceptors (Lipinski definition) is 4. The molecule has 0 spiro atoms. The lowest BCUT2D eigenvalue weighted by atomic mass is 10.2. The molecule has 1 aromatic rings. The largest absolute Gasteiger partial charge is 0.491 e. The molecular weight excluding hydrogens is 296 g/mol. The first-order chi connectivity index (χ1) is 10.2. The van der Waals surface area contributed by atoms with Crippen molar-refractivity contribution < 1.29 is 27.8 Å². The highest BCUT2D eigenvalue weighted by Crippen LogP contribution is 2.19. The number of benzene rings is 1. The Morgan fingerprint density at radius 3 is 2.45 bits per heavy atom. The van der Waals surface area contributed by atoms with Crippen LogP contribution in [0.1, 0.15) is 20.8 Å². The van der Waals surface area contributed by atoms with Gasteiger partial charge in [0, 0.05) is 18.2 Å². The third kappa shape index (κ3) is 5.48. The summed E-state index contributed by atoms with van der Waals surface area (Å²) in [6, 6.07) is 2.44. The zero-order valence-corrected chi connectivity index (χ0v) is 12.7. The van der Waals surface area contributed by atoms with E-state index in [2.05, 4.69) is 5.32 Å². The maximum Gasteiger partial charge on any atom is 0.408 e. The van der Waals surface area contributed by atoms with Crippen LogP contribution in [0.15, 0.2) is 18.2 Å². The lowest BCUT2D eigenvalue weighted by Crippen LogP contribution is -2.45. The molecule has 1 aromatic carbocycles. The molecule has 0 bridgehead atoms. The second kappa shape index (κ2) is 6.48. The minimum atomic E-state index is -0.727. The molecule has 1 fully saturated rings. The van der Waals surface area contributed by atoms with E-state index in [9.17, 15) is 13.6 Å². The summed E-state index contributed by atoms with van der Waals surface area (Å²) in [5.41, 5.74) is -0.619. The number of amides is 1. The molecule has 2 atom stereocenters. The molecule has 0 aliphatic carbocycles. The minimum Gasteiger partial charge on any atom is -0.491 e. The van der Waals surface area contributed by atoms with Gasteiger partial charge in [-0.25, -0.2) is 13.6 Å². The fourth-order valence-corrected chi connectivity index (χ4v) is 1.79. The second-order valence-electron chi connectivity index (χ2n) is 6.04. The van der Waals surface area contributed by atoms with Crippen molar-refractivity contribution in [2.45, 2.75) is 38.5 Å². The van der Waals surface area contributed by atoms with E-state index in [4.69, 9.17) is 14.2 Å². The van der Waals surface area contributed by atoms with Gasteiger partial charge in [-0.3, -0.25) is 0 Å². The normalized spacial score (nSPS) is 18.5. The second-order valence-corrected chi connectivity index (χ2v) is 6.04. The molecular formula is C15H19F2NO4. The molecule has 7 heteroatoms. The van der Waals surface area contributed by atoms with Gasteiger partial charge in [0.2, 0.25) is 0 Å². The smallest absolute Gasteiger partial charge is 0.408 e. The molecule has 22 heavy (non-hydrogen) atoms. The number of carbonyl (C=O) groups excluding carboxylic acids is 1. The minimum absolute atomic E-state index is 0.0206. The fourth-order valence-electron chi connectivity index (χ4n) is 1.79. The molecule has 0 saturated carbocycles. The van der Waals surface area contributed by atoms with Crippen LogP contribution in [0.4, 0.5) is 13.6 Å². The van der Waals surface area contributed by atoms with Gasteiger partial charge in [-0.2, -0.15) is 0 Å². The number of rotatable bonds is 5. The molecule has 0 unspecified atom stereocenters. The average Bonchev–Trinajstić information content (AvgIpc) is 3.15. The molecule has 1 N–H and O–H groups in total. The standard InChI is InChI=1S/C15H19F2NO4/c1-15(2,3)22-14(19)18-12(13-8-21-13)7-20-11-5-9(16)4-10(17)6-11/h4-6,12-13H,7-8H2,1-3H3,(H,18,19)/t12-,13+/m0/s1. The summed E-state index contributed by atoms with van der Waals surface area (Å²) in [4.78, 5) is 11.8. The molecule has 1 heterocycles. The third-order valence-corrected chi connectivity index (χ3v) is 2.78. The van der Waals surface area contributed by atoms with E-state index in [-0.39, 0.29) is 18.5 Å². The Morgan fingerprint density at radius 1 is 1.36 bits per heavy atom. The van der Waals surface area contributed by atoms with Gasteiger partial charge < -0.3 is 19.5 Å². The van der Waals surface area contributed by atoms with E-state index in [1.165, 1.54) is 0 Å². The van der Waals surface area contributed by atoms with Crippen molar-refractivity contribution in [1.82, 2.24) is 5.32 Å². The first-order valence-corrected chi connectivity index (χ1v) is 6.93. The summed E-state index contributed by atoms with van der Waals surface area (Å²) in [6.07, 6.45) is -0.784. The van der Waals surface area contributed by atoms with E-state index in [0.717, 1.165) is 18.2 Å². The van der Waals surface area contributed by atoms with Crippen molar-refractivity contribution in [2.75, 3.05) is 13.2 Å². The molecule has 5 nitrogen and oxygen atoms in total. The van der Waals surface area contributed by atoms with Gasteiger partial charge in [0.25, 0.3) is 0 Å². The zero-order valence-electron chi connectivity index (χ0n) is 12.7. The van der Waals surface area contributed by atoms with Crippen molar-refractivity contribution in [3.63, 3.8) is 0 Å². The lowest BCUT2D eigenvalue weighted by molar-refractivity contribution is 0.0475. The van der Waals surface area contributed by atoms with E-state index in [1.54, 1.807) is 20.8 Å². The third-order valence-electron chi connectivity index (χ3n) is 2.78. The Balaban J connectivity index is 1.90. The molecule has 1 aliphatic heterocycles. The topological polar surface area (TPSA) is 60.1 Å². The van der Waals surface area contributed by atoms with Crippen LogP contribution >= 0.6 is 0 Å². The van der Waals surface area contributed by atoms with E-state index >= 15 is 0 Å². The summed E-state index contributed by atoms with van der Waals surface area (Å²) in [5.74, 6) is -1.40. The van der Waals surface area contributed by atoms with E-state index < -0.39 is 29.4 Å². The summed E-state index contributed by atoms with van der Waals surface area (Å²) < 4.78 is 41.8. The molecule has 2 rings (SSSR count). The lowest BCUT2D eigenvalue weighted by Gasteiger charge is -2.23. The Labute approximate surface area is 127 Å². The van der Waals surface area contributed by atoms with Gasteiger partial charge in [0.15, 0.2) is 0 Å². The monoisotopic (exact) mass is 315 g/mol. The number of hydrogen-bond donors (Lipinski definition) is 1. The molecule has 1 aliphatic rings. The van der Waals surface area contributed by atoms with Gasteiger partial charge in [0.05, 0.1) is 12.6 Å². The Bertz CT molecular complexity index is 521. The summed E-state index contributed by atoms with van der Waals surface area (Å²) in [5, 5.41) is 2.64. The van der Waals surface area contributed by atoms with Crippen LogP contribution in [0.3, 0.4) is 0 Å². The SMILES string of the molecule is CC(C)(C)OC(=O)N[C@@H](COc1cc(F)cc(F)c1)[C@H]1CO1. The van der Waals surface area contributed by atoms with Gasteiger partial charge >= 0.3 is 6.09 Å². The number of nitrogens with one attached hydrogen (secondary N) is 1. The van der Waals surface area contributed by atoms with Crippen LogP contribution in [0, 0.1) is 11.6 Å². The molecule has 0 aromatic heterocycles. The molecule has 1 saturated heterocycles. The number of halogens is 2. The number of ether oxygens (including phenoxy) is 3. The van der Waals surface area contributed by atoms with Gasteiger partial charge in [-0.05, 0) is 20.8 Å².